The molecule has 0 aromatic carbocycles. The molecule has 1 unspecified atom stereocenters. The maximum atomic E-state index is 12.0. The Hall–Kier alpha value is 0.120. The van der Waals surface area contributed by atoms with Gasteiger partial charge in [-0.3, -0.25) is 0 Å². The number of ether oxygens (including phenoxy) is 1. The standard InChI is InChI=1S/C12H24N2O3S.ClH/c1-12(3-5-13-6-4-12)10-14-18(15,16)9-11-2-7-17-8-11;/h11,13-14H,2-10H2,1H3;1H. The maximum Gasteiger partial charge on any atom is 0.211 e. The van der Waals surface area contributed by atoms with Crippen LogP contribution in [0.1, 0.15) is 26.2 Å². The van der Waals surface area contributed by atoms with Crippen LogP contribution in [0.25, 0.3) is 0 Å². The SMILES string of the molecule is CC1(CNS(=O)(=O)CC2CCOC2)CCNCC1.Cl. The highest BCUT2D eigenvalue weighted by Gasteiger charge is 2.29. The summed E-state index contributed by atoms with van der Waals surface area (Å²) in [5.41, 5.74) is 0.102. The van der Waals surface area contributed by atoms with E-state index in [1.165, 1.54) is 0 Å². The van der Waals surface area contributed by atoms with Gasteiger partial charge in [0.2, 0.25) is 10.0 Å². The molecule has 2 heterocycles. The number of rotatable bonds is 5. The predicted molar refractivity (Wildman–Crippen MR) is 78.2 cm³/mol. The molecule has 2 N–H and O–H groups in total. The molecule has 2 rings (SSSR count). The van der Waals surface area contributed by atoms with Crippen LogP contribution in [0.2, 0.25) is 0 Å². The molecular weight excluding hydrogens is 288 g/mol. The Bertz CT molecular complexity index is 363. The van der Waals surface area contributed by atoms with Gasteiger partial charge in [-0.1, -0.05) is 6.92 Å². The first-order valence-corrected chi connectivity index (χ1v) is 8.40. The van der Waals surface area contributed by atoms with E-state index in [2.05, 4.69) is 17.0 Å². The molecule has 0 aromatic rings. The molecule has 0 aliphatic carbocycles. The van der Waals surface area contributed by atoms with Crippen molar-refractivity contribution in [3.05, 3.63) is 0 Å². The Balaban J connectivity index is 0.00000180. The van der Waals surface area contributed by atoms with Gasteiger partial charge in [-0.25, -0.2) is 13.1 Å². The fraction of sp³-hybridized carbons (Fsp3) is 1.00. The molecule has 0 spiro atoms. The van der Waals surface area contributed by atoms with Crippen molar-refractivity contribution >= 4 is 22.4 Å². The van der Waals surface area contributed by atoms with Gasteiger partial charge in [0.25, 0.3) is 0 Å². The van der Waals surface area contributed by atoms with Gasteiger partial charge in [-0.05, 0) is 43.7 Å². The minimum absolute atomic E-state index is 0. The fourth-order valence-electron chi connectivity index (χ4n) is 2.58. The van der Waals surface area contributed by atoms with E-state index < -0.39 is 10.0 Å². The van der Waals surface area contributed by atoms with Crippen LogP contribution in [0.4, 0.5) is 0 Å². The first-order valence-electron chi connectivity index (χ1n) is 6.75. The van der Waals surface area contributed by atoms with Gasteiger partial charge >= 0.3 is 0 Å². The van der Waals surface area contributed by atoms with Crippen molar-refractivity contribution in [1.82, 2.24) is 10.0 Å². The molecular formula is C12H25ClN2O3S. The summed E-state index contributed by atoms with van der Waals surface area (Å²) in [5, 5.41) is 3.30. The van der Waals surface area contributed by atoms with Crippen LogP contribution in [0.15, 0.2) is 0 Å². The second kappa shape index (κ2) is 7.22. The number of sulfonamides is 1. The van der Waals surface area contributed by atoms with Crippen LogP contribution in [-0.2, 0) is 14.8 Å². The molecule has 2 aliphatic rings. The van der Waals surface area contributed by atoms with Crippen LogP contribution in [0.3, 0.4) is 0 Å². The normalized spacial score (nSPS) is 26.9. The van der Waals surface area contributed by atoms with Crippen molar-refractivity contribution in [1.29, 1.82) is 0 Å². The summed E-state index contributed by atoms with van der Waals surface area (Å²) in [7, 11) is -3.15. The third-order valence-corrected chi connectivity index (χ3v) is 5.50. The van der Waals surface area contributed by atoms with Crippen LogP contribution in [-0.4, -0.2) is 47.0 Å². The summed E-state index contributed by atoms with van der Waals surface area (Å²) < 4.78 is 32.0. The average molecular weight is 313 g/mol. The van der Waals surface area contributed by atoms with E-state index in [0.717, 1.165) is 32.4 Å². The number of halogens is 1. The summed E-state index contributed by atoms with van der Waals surface area (Å²) in [6.07, 6.45) is 2.92. The Morgan fingerprint density at radius 2 is 2.05 bits per heavy atom. The van der Waals surface area contributed by atoms with Crippen molar-refractivity contribution in [2.75, 3.05) is 38.6 Å². The molecule has 2 fully saturated rings. The summed E-state index contributed by atoms with van der Waals surface area (Å²) >= 11 is 0. The Morgan fingerprint density at radius 1 is 1.37 bits per heavy atom. The first-order chi connectivity index (χ1) is 8.49. The topological polar surface area (TPSA) is 67.4 Å². The fourth-order valence-corrected chi connectivity index (χ4v) is 4.15. The van der Waals surface area contributed by atoms with Gasteiger partial charge in [-0.2, -0.15) is 0 Å². The minimum Gasteiger partial charge on any atom is -0.381 e. The molecule has 0 bridgehead atoms. The predicted octanol–water partition coefficient (Wildman–Crippen LogP) is 0.754. The number of nitrogens with one attached hydrogen (secondary N) is 2. The highest BCUT2D eigenvalue weighted by atomic mass is 35.5. The molecule has 5 nitrogen and oxygen atoms in total. The van der Waals surface area contributed by atoms with Gasteiger partial charge in [0.1, 0.15) is 0 Å². The second-order valence-corrected chi connectivity index (χ2v) is 7.74. The van der Waals surface area contributed by atoms with E-state index in [9.17, 15) is 8.42 Å². The number of piperidine rings is 1. The lowest BCUT2D eigenvalue weighted by Crippen LogP contribution is -2.43. The average Bonchev–Trinajstić information content (AvgIpc) is 2.80. The number of hydrogen-bond donors (Lipinski definition) is 2. The monoisotopic (exact) mass is 312 g/mol. The molecule has 0 radical (unpaired) electrons. The van der Waals surface area contributed by atoms with E-state index in [-0.39, 0.29) is 29.5 Å². The maximum absolute atomic E-state index is 12.0. The summed E-state index contributed by atoms with van der Waals surface area (Å²) in [6.45, 7) is 5.97. The van der Waals surface area contributed by atoms with Crippen LogP contribution < -0.4 is 10.0 Å². The zero-order valence-electron chi connectivity index (χ0n) is 11.5. The molecule has 114 valence electrons. The van der Waals surface area contributed by atoms with E-state index in [4.69, 9.17) is 4.74 Å². The largest absolute Gasteiger partial charge is 0.381 e. The zero-order valence-corrected chi connectivity index (χ0v) is 13.1. The quantitative estimate of drug-likeness (QED) is 0.786. The lowest BCUT2D eigenvalue weighted by molar-refractivity contribution is 0.188. The van der Waals surface area contributed by atoms with Crippen molar-refractivity contribution in [2.24, 2.45) is 11.3 Å². The van der Waals surface area contributed by atoms with Gasteiger partial charge in [0.15, 0.2) is 0 Å². The van der Waals surface area contributed by atoms with Gasteiger partial charge in [-0.15, -0.1) is 12.4 Å². The second-order valence-electron chi connectivity index (χ2n) is 5.89. The van der Waals surface area contributed by atoms with Crippen LogP contribution >= 0.6 is 12.4 Å². The van der Waals surface area contributed by atoms with Gasteiger partial charge in [0.05, 0.1) is 12.4 Å². The van der Waals surface area contributed by atoms with Gasteiger partial charge in [0, 0.05) is 13.2 Å². The van der Waals surface area contributed by atoms with E-state index in [1.54, 1.807) is 0 Å². The van der Waals surface area contributed by atoms with Crippen LogP contribution in [0, 0.1) is 11.3 Å². The highest BCUT2D eigenvalue weighted by molar-refractivity contribution is 7.89. The van der Waals surface area contributed by atoms with E-state index >= 15 is 0 Å². The minimum atomic E-state index is -3.15. The van der Waals surface area contributed by atoms with Crippen molar-refractivity contribution in [3.8, 4) is 0 Å². The molecule has 1 atom stereocenters. The van der Waals surface area contributed by atoms with E-state index in [0.29, 0.717) is 19.8 Å². The Morgan fingerprint density at radius 3 is 2.63 bits per heavy atom. The van der Waals surface area contributed by atoms with Crippen molar-refractivity contribution in [2.45, 2.75) is 26.2 Å². The van der Waals surface area contributed by atoms with Crippen molar-refractivity contribution in [3.63, 3.8) is 0 Å². The molecule has 0 aromatic heterocycles. The molecule has 0 saturated carbocycles. The Labute approximate surface area is 122 Å². The van der Waals surface area contributed by atoms with Crippen LogP contribution in [0.5, 0.6) is 0 Å². The van der Waals surface area contributed by atoms with Gasteiger partial charge < -0.3 is 10.1 Å². The lowest BCUT2D eigenvalue weighted by Gasteiger charge is -2.34. The summed E-state index contributed by atoms with van der Waals surface area (Å²) in [4.78, 5) is 0. The number of hydrogen-bond acceptors (Lipinski definition) is 4. The third-order valence-electron chi connectivity index (χ3n) is 4.01. The first kappa shape index (κ1) is 17.2. The highest BCUT2D eigenvalue weighted by Crippen LogP contribution is 2.27. The summed E-state index contributed by atoms with van der Waals surface area (Å²) in [6, 6.07) is 0. The summed E-state index contributed by atoms with van der Waals surface area (Å²) in [5.74, 6) is 0.379. The third kappa shape index (κ3) is 5.55. The molecule has 0 amide bonds. The smallest absolute Gasteiger partial charge is 0.211 e. The van der Waals surface area contributed by atoms with Crippen molar-refractivity contribution < 1.29 is 13.2 Å². The molecule has 2 aliphatic heterocycles. The lowest BCUT2D eigenvalue weighted by atomic mass is 9.81. The van der Waals surface area contributed by atoms with E-state index in [1.807, 2.05) is 0 Å². The molecule has 19 heavy (non-hydrogen) atoms. The molecule has 7 heteroatoms. The zero-order chi connectivity index (χ0) is 13.1. The molecule has 2 saturated heterocycles. The Kier molecular flexibility index (Phi) is 6.53.